The van der Waals surface area contributed by atoms with Crippen LogP contribution in [0, 0.1) is 23.2 Å². The van der Waals surface area contributed by atoms with Gasteiger partial charge < -0.3 is 5.84 Å². The lowest BCUT2D eigenvalue weighted by molar-refractivity contribution is 0.932. The maximum absolute atomic E-state index is 12.0. The number of pyridine rings is 1. The fourth-order valence-electron chi connectivity index (χ4n) is 1.91. The van der Waals surface area contributed by atoms with E-state index in [1.165, 1.54) is 6.92 Å². The van der Waals surface area contributed by atoms with Crippen LogP contribution in [0.2, 0.25) is 0 Å². The van der Waals surface area contributed by atoms with Gasteiger partial charge in [0.1, 0.15) is 23.0 Å². The van der Waals surface area contributed by atoms with Crippen molar-refractivity contribution in [1.29, 1.82) is 5.26 Å². The molecule has 0 saturated carbocycles. The highest BCUT2D eigenvalue weighted by Gasteiger charge is 2.19. The van der Waals surface area contributed by atoms with Crippen molar-refractivity contribution in [3.8, 4) is 17.3 Å². The lowest BCUT2D eigenvalue weighted by atomic mass is 10.0. The van der Waals surface area contributed by atoms with E-state index < -0.39 is 5.56 Å². The van der Waals surface area contributed by atoms with Gasteiger partial charge in [0.15, 0.2) is 0 Å². The van der Waals surface area contributed by atoms with Crippen LogP contribution < -0.4 is 11.4 Å². The third kappa shape index (κ3) is 1.87. The number of hydrogen-bond donors (Lipinski definition) is 1. The summed E-state index contributed by atoms with van der Waals surface area (Å²) >= 11 is 0. The number of nitrogens with zero attached hydrogens (tertiary/aromatic N) is 3. The van der Waals surface area contributed by atoms with E-state index in [1.54, 1.807) is 36.4 Å². The Morgan fingerprint density at radius 1 is 1.32 bits per heavy atom. The van der Waals surface area contributed by atoms with Gasteiger partial charge in [0.2, 0.25) is 0 Å². The molecule has 2 aromatic rings. The van der Waals surface area contributed by atoms with Gasteiger partial charge in [-0.3, -0.25) is 4.79 Å². The summed E-state index contributed by atoms with van der Waals surface area (Å²) in [6, 6.07) is 10.5. The van der Waals surface area contributed by atoms with Gasteiger partial charge in [-0.25, -0.2) is 4.68 Å². The molecule has 19 heavy (non-hydrogen) atoms. The van der Waals surface area contributed by atoms with Crippen LogP contribution in [-0.4, -0.2) is 4.68 Å². The van der Waals surface area contributed by atoms with Crippen LogP contribution in [0.4, 0.5) is 5.69 Å². The Balaban J connectivity index is 2.94. The number of aromatic nitrogens is 1. The van der Waals surface area contributed by atoms with Crippen molar-refractivity contribution in [3.63, 3.8) is 0 Å². The van der Waals surface area contributed by atoms with Gasteiger partial charge in [-0.15, -0.1) is 4.91 Å². The molecular weight excluding hydrogens is 244 g/mol. The molecule has 0 unspecified atom stereocenters. The maximum atomic E-state index is 12.0. The van der Waals surface area contributed by atoms with Crippen LogP contribution in [0.15, 0.2) is 40.3 Å². The summed E-state index contributed by atoms with van der Waals surface area (Å²) < 4.78 is 0.789. The minimum absolute atomic E-state index is 0.00449. The number of nitroso groups, excluding NO2 is 1. The summed E-state index contributed by atoms with van der Waals surface area (Å²) in [4.78, 5) is 23.0. The molecule has 0 aliphatic heterocycles. The van der Waals surface area contributed by atoms with Gasteiger partial charge in [0, 0.05) is 11.1 Å². The van der Waals surface area contributed by atoms with Gasteiger partial charge in [-0.1, -0.05) is 30.3 Å². The van der Waals surface area contributed by atoms with Crippen molar-refractivity contribution in [3.05, 3.63) is 56.7 Å². The van der Waals surface area contributed by atoms with E-state index in [1.807, 2.05) is 0 Å². The summed E-state index contributed by atoms with van der Waals surface area (Å²) in [5.74, 6) is 5.69. The molecule has 0 radical (unpaired) electrons. The highest BCUT2D eigenvalue weighted by Crippen LogP contribution is 2.32. The number of benzene rings is 1. The van der Waals surface area contributed by atoms with E-state index in [4.69, 9.17) is 11.1 Å². The summed E-state index contributed by atoms with van der Waals surface area (Å²) in [5.41, 5.74) is 0.220. The Morgan fingerprint density at radius 2 is 1.95 bits per heavy atom. The van der Waals surface area contributed by atoms with E-state index in [9.17, 15) is 9.70 Å². The van der Waals surface area contributed by atoms with E-state index in [2.05, 4.69) is 5.18 Å². The largest absolute Gasteiger partial charge is 0.336 e. The first-order valence-electron chi connectivity index (χ1n) is 5.45. The van der Waals surface area contributed by atoms with Crippen molar-refractivity contribution >= 4 is 5.69 Å². The molecular formula is C13H10N4O2. The summed E-state index contributed by atoms with van der Waals surface area (Å²) in [7, 11) is 0. The molecule has 94 valence electrons. The van der Waals surface area contributed by atoms with Crippen LogP contribution in [0.25, 0.3) is 11.3 Å². The zero-order valence-electron chi connectivity index (χ0n) is 10.1. The van der Waals surface area contributed by atoms with Gasteiger partial charge >= 0.3 is 0 Å². The molecule has 1 heterocycles. The first-order chi connectivity index (χ1) is 9.11. The molecule has 2 rings (SSSR count). The molecule has 0 amide bonds. The Hall–Kier alpha value is -2.94. The second-order valence-electron chi connectivity index (χ2n) is 3.94. The molecule has 2 N–H and O–H groups in total. The summed E-state index contributed by atoms with van der Waals surface area (Å²) in [5, 5.41) is 11.9. The molecule has 0 atom stereocenters. The minimum Gasteiger partial charge on any atom is -0.336 e. The number of hydrogen-bond acceptors (Lipinski definition) is 5. The standard InChI is InChI=1S/C13H10N4O2/c1-8-10(7-14)13(18)17(15)12(11(8)16-19)9-5-3-2-4-6-9/h2-6H,15H2,1H3. The molecule has 0 aliphatic rings. The first kappa shape index (κ1) is 12.5. The normalized spacial score (nSPS) is 9.89. The Morgan fingerprint density at radius 3 is 2.47 bits per heavy atom. The summed E-state index contributed by atoms with van der Waals surface area (Å²) in [6.45, 7) is 1.50. The first-order valence-corrected chi connectivity index (χ1v) is 5.45. The van der Waals surface area contributed by atoms with Gasteiger partial charge in [0.25, 0.3) is 5.56 Å². The molecule has 0 bridgehead atoms. The van der Waals surface area contributed by atoms with Gasteiger partial charge in [0.05, 0.1) is 0 Å². The molecule has 0 fully saturated rings. The lowest BCUT2D eigenvalue weighted by Gasteiger charge is -2.12. The third-order valence-corrected chi connectivity index (χ3v) is 2.88. The highest BCUT2D eigenvalue weighted by atomic mass is 16.3. The second-order valence-corrected chi connectivity index (χ2v) is 3.94. The van der Waals surface area contributed by atoms with Crippen molar-refractivity contribution in [2.75, 3.05) is 5.84 Å². The van der Waals surface area contributed by atoms with Gasteiger partial charge in [-0.2, -0.15) is 5.26 Å². The average Bonchev–Trinajstić information content (AvgIpc) is 2.44. The van der Waals surface area contributed by atoms with Crippen molar-refractivity contribution in [1.82, 2.24) is 4.68 Å². The maximum Gasteiger partial charge on any atom is 0.287 e. The topological polar surface area (TPSA) is 101 Å². The van der Waals surface area contributed by atoms with Crippen LogP contribution in [-0.2, 0) is 0 Å². The lowest BCUT2D eigenvalue weighted by Crippen LogP contribution is -2.31. The van der Waals surface area contributed by atoms with Crippen molar-refractivity contribution < 1.29 is 0 Å². The SMILES string of the molecule is Cc1c(N=O)c(-c2ccccc2)n(N)c(=O)c1C#N. The van der Waals surface area contributed by atoms with Crippen LogP contribution in [0.5, 0.6) is 0 Å². The highest BCUT2D eigenvalue weighted by molar-refractivity contribution is 5.76. The smallest absolute Gasteiger partial charge is 0.287 e. The molecule has 1 aromatic heterocycles. The van der Waals surface area contributed by atoms with E-state index in [0.717, 1.165) is 4.68 Å². The van der Waals surface area contributed by atoms with Crippen LogP contribution in [0.1, 0.15) is 11.1 Å². The number of nitrogens with two attached hydrogens (primary N) is 1. The van der Waals surface area contributed by atoms with E-state index >= 15 is 0 Å². The van der Waals surface area contributed by atoms with Crippen molar-refractivity contribution in [2.45, 2.75) is 6.92 Å². The Labute approximate surface area is 108 Å². The Kier molecular flexibility index (Phi) is 3.12. The third-order valence-electron chi connectivity index (χ3n) is 2.88. The van der Waals surface area contributed by atoms with E-state index in [0.29, 0.717) is 5.56 Å². The minimum atomic E-state index is -0.647. The van der Waals surface area contributed by atoms with Crippen LogP contribution in [0.3, 0.4) is 0 Å². The van der Waals surface area contributed by atoms with Crippen molar-refractivity contribution in [2.24, 2.45) is 5.18 Å². The second kappa shape index (κ2) is 4.74. The molecule has 0 spiro atoms. The Bertz CT molecular complexity index is 742. The van der Waals surface area contributed by atoms with Gasteiger partial charge in [-0.05, 0) is 12.1 Å². The zero-order chi connectivity index (χ0) is 14.0. The zero-order valence-corrected chi connectivity index (χ0v) is 10.1. The molecule has 0 saturated heterocycles. The monoisotopic (exact) mass is 254 g/mol. The molecule has 0 aliphatic carbocycles. The summed E-state index contributed by atoms with van der Waals surface area (Å²) in [6.07, 6.45) is 0. The van der Waals surface area contributed by atoms with Crippen LogP contribution >= 0.6 is 0 Å². The number of rotatable bonds is 2. The van der Waals surface area contributed by atoms with E-state index in [-0.39, 0.29) is 22.5 Å². The molecule has 6 heteroatoms. The predicted molar refractivity (Wildman–Crippen MR) is 71.2 cm³/mol. The molecule has 1 aromatic carbocycles. The fourth-order valence-corrected chi connectivity index (χ4v) is 1.91. The molecule has 6 nitrogen and oxygen atoms in total. The fraction of sp³-hybridized carbons (Fsp3) is 0.0769. The number of nitriles is 1. The predicted octanol–water partition coefficient (Wildman–Crippen LogP) is 1.81. The quantitative estimate of drug-likeness (QED) is 0.652. The average molecular weight is 254 g/mol. The number of nitrogen functional groups attached to an aromatic ring is 1.